The van der Waals surface area contributed by atoms with E-state index >= 15 is 0 Å². The molecule has 1 aliphatic rings. The molecule has 0 saturated carbocycles. The number of carbonyl (C=O) groups is 2. The number of nitrogens with two attached hydrogens (primary N) is 1. The Labute approximate surface area is 136 Å². The molecule has 1 fully saturated rings. The van der Waals surface area contributed by atoms with Crippen LogP contribution < -0.4 is 5.73 Å². The van der Waals surface area contributed by atoms with Crippen LogP contribution in [-0.4, -0.2) is 39.6 Å². The standard InChI is InChI=1S/C16H16F2N4O2/c1-9-7-21(8-11(9)15(19)23)16(24)13-4-5-22(20-13)14-3-2-10(17)6-12(14)18/h2-6,9,11H,7-8H2,1H3,(H2,19,23)/t9-,11-/m1/s1. The number of likely N-dealkylation sites (tertiary alicyclic amines) is 1. The Morgan fingerprint density at radius 2 is 2.00 bits per heavy atom. The fraction of sp³-hybridized carbons (Fsp3) is 0.312. The summed E-state index contributed by atoms with van der Waals surface area (Å²) in [6.45, 7) is 2.51. The van der Waals surface area contributed by atoms with Gasteiger partial charge in [0.1, 0.15) is 11.5 Å². The number of hydrogen-bond donors (Lipinski definition) is 1. The lowest BCUT2D eigenvalue weighted by molar-refractivity contribution is -0.122. The lowest BCUT2D eigenvalue weighted by Gasteiger charge is -2.14. The Balaban J connectivity index is 1.81. The van der Waals surface area contributed by atoms with Crippen LogP contribution in [0.2, 0.25) is 0 Å². The van der Waals surface area contributed by atoms with Gasteiger partial charge in [-0.1, -0.05) is 6.92 Å². The normalized spacial score (nSPS) is 20.4. The maximum Gasteiger partial charge on any atom is 0.274 e. The maximum absolute atomic E-state index is 13.8. The summed E-state index contributed by atoms with van der Waals surface area (Å²) in [6, 6.07) is 4.56. The number of primary amides is 1. The molecule has 1 aromatic heterocycles. The summed E-state index contributed by atoms with van der Waals surface area (Å²) in [4.78, 5) is 25.4. The summed E-state index contributed by atoms with van der Waals surface area (Å²) in [6.07, 6.45) is 1.43. The minimum atomic E-state index is -0.777. The maximum atomic E-state index is 13.8. The van der Waals surface area contributed by atoms with E-state index in [1.807, 2.05) is 6.92 Å². The largest absolute Gasteiger partial charge is 0.369 e. The fourth-order valence-corrected chi connectivity index (χ4v) is 2.90. The molecule has 1 aromatic carbocycles. The van der Waals surface area contributed by atoms with Crippen LogP contribution in [0.4, 0.5) is 8.78 Å². The summed E-state index contributed by atoms with van der Waals surface area (Å²) < 4.78 is 27.9. The van der Waals surface area contributed by atoms with Crippen molar-refractivity contribution < 1.29 is 18.4 Å². The second-order valence-electron chi connectivity index (χ2n) is 5.94. The molecule has 2 aromatic rings. The zero-order chi connectivity index (χ0) is 17.4. The first-order chi connectivity index (χ1) is 11.4. The van der Waals surface area contributed by atoms with Gasteiger partial charge in [0, 0.05) is 25.4 Å². The molecule has 2 N–H and O–H groups in total. The molecule has 8 heteroatoms. The zero-order valence-corrected chi connectivity index (χ0v) is 12.9. The van der Waals surface area contributed by atoms with Gasteiger partial charge in [0.15, 0.2) is 11.5 Å². The Morgan fingerprint density at radius 1 is 1.25 bits per heavy atom. The van der Waals surface area contributed by atoms with E-state index in [0.717, 1.165) is 12.1 Å². The van der Waals surface area contributed by atoms with E-state index in [-0.39, 0.29) is 35.7 Å². The first kappa shape index (κ1) is 16.1. The van der Waals surface area contributed by atoms with Gasteiger partial charge < -0.3 is 10.6 Å². The number of benzene rings is 1. The molecule has 0 radical (unpaired) electrons. The molecule has 2 atom stereocenters. The van der Waals surface area contributed by atoms with Crippen LogP contribution >= 0.6 is 0 Å². The Hall–Kier alpha value is -2.77. The lowest BCUT2D eigenvalue weighted by Crippen LogP contribution is -2.32. The molecule has 0 aliphatic carbocycles. The predicted octanol–water partition coefficient (Wildman–Crippen LogP) is 1.34. The van der Waals surface area contributed by atoms with E-state index in [4.69, 9.17) is 5.73 Å². The molecule has 2 amide bonds. The number of rotatable bonds is 3. The summed E-state index contributed by atoms with van der Waals surface area (Å²) in [5.41, 5.74) is 5.49. The number of carbonyl (C=O) groups excluding carboxylic acids is 2. The van der Waals surface area contributed by atoms with Crippen molar-refractivity contribution in [2.24, 2.45) is 17.6 Å². The van der Waals surface area contributed by atoms with Gasteiger partial charge in [-0.3, -0.25) is 9.59 Å². The average molecular weight is 334 g/mol. The van der Waals surface area contributed by atoms with Gasteiger partial charge in [-0.15, -0.1) is 0 Å². The fourth-order valence-electron chi connectivity index (χ4n) is 2.90. The Kier molecular flexibility index (Phi) is 4.04. The number of nitrogens with zero attached hydrogens (tertiary/aromatic N) is 3. The van der Waals surface area contributed by atoms with E-state index in [1.54, 1.807) is 0 Å². The zero-order valence-electron chi connectivity index (χ0n) is 12.9. The molecule has 126 valence electrons. The molecular weight excluding hydrogens is 318 g/mol. The molecule has 6 nitrogen and oxygen atoms in total. The van der Waals surface area contributed by atoms with Crippen molar-refractivity contribution in [3.05, 3.63) is 47.8 Å². The van der Waals surface area contributed by atoms with Gasteiger partial charge in [-0.05, 0) is 24.1 Å². The summed E-state index contributed by atoms with van der Waals surface area (Å²) in [7, 11) is 0. The number of amides is 2. The van der Waals surface area contributed by atoms with Gasteiger partial charge in [0.25, 0.3) is 5.91 Å². The van der Waals surface area contributed by atoms with Crippen molar-refractivity contribution in [1.82, 2.24) is 14.7 Å². The molecule has 0 unspecified atom stereocenters. The smallest absolute Gasteiger partial charge is 0.274 e. The monoisotopic (exact) mass is 334 g/mol. The second-order valence-corrected chi connectivity index (χ2v) is 5.94. The van der Waals surface area contributed by atoms with E-state index in [2.05, 4.69) is 5.10 Å². The van der Waals surface area contributed by atoms with Crippen LogP contribution in [0.5, 0.6) is 0 Å². The molecule has 1 aliphatic heterocycles. The van der Waals surface area contributed by atoms with Gasteiger partial charge in [-0.25, -0.2) is 13.5 Å². The first-order valence-corrected chi connectivity index (χ1v) is 7.46. The van der Waals surface area contributed by atoms with E-state index in [0.29, 0.717) is 6.54 Å². The predicted molar refractivity (Wildman–Crippen MR) is 81.2 cm³/mol. The van der Waals surface area contributed by atoms with Gasteiger partial charge in [0.05, 0.1) is 5.92 Å². The molecule has 0 bridgehead atoms. The Morgan fingerprint density at radius 3 is 2.62 bits per heavy atom. The number of halogens is 2. The van der Waals surface area contributed by atoms with Crippen LogP contribution in [0, 0.1) is 23.5 Å². The second kappa shape index (κ2) is 6.03. The van der Waals surface area contributed by atoms with Crippen LogP contribution in [0.15, 0.2) is 30.5 Å². The Bertz CT molecular complexity index is 805. The molecule has 2 heterocycles. The van der Waals surface area contributed by atoms with Crippen molar-refractivity contribution in [3.8, 4) is 5.69 Å². The first-order valence-electron chi connectivity index (χ1n) is 7.46. The topological polar surface area (TPSA) is 81.2 Å². The summed E-state index contributed by atoms with van der Waals surface area (Å²) in [5, 5.41) is 4.06. The minimum Gasteiger partial charge on any atom is -0.369 e. The summed E-state index contributed by atoms with van der Waals surface area (Å²) >= 11 is 0. The molecule has 24 heavy (non-hydrogen) atoms. The van der Waals surface area contributed by atoms with Crippen molar-refractivity contribution in [1.29, 1.82) is 0 Å². The average Bonchev–Trinajstić information content (AvgIpc) is 3.13. The highest BCUT2D eigenvalue weighted by Gasteiger charge is 2.36. The molecule has 0 spiro atoms. The lowest BCUT2D eigenvalue weighted by atomic mass is 9.98. The minimum absolute atomic E-state index is 0.0249. The van der Waals surface area contributed by atoms with Crippen molar-refractivity contribution in [2.75, 3.05) is 13.1 Å². The third-order valence-electron chi connectivity index (χ3n) is 4.23. The van der Waals surface area contributed by atoms with Crippen molar-refractivity contribution in [2.45, 2.75) is 6.92 Å². The van der Waals surface area contributed by atoms with E-state index in [9.17, 15) is 18.4 Å². The van der Waals surface area contributed by atoms with Crippen LogP contribution in [0.25, 0.3) is 5.69 Å². The van der Waals surface area contributed by atoms with Crippen LogP contribution in [0.1, 0.15) is 17.4 Å². The summed E-state index contributed by atoms with van der Waals surface area (Å²) in [5.74, 6) is -2.67. The molecule has 1 saturated heterocycles. The molecule has 3 rings (SSSR count). The van der Waals surface area contributed by atoms with Gasteiger partial charge in [-0.2, -0.15) is 5.10 Å². The van der Waals surface area contributed by atoms with Crippen molar-refractivity contribution in [3.63, 3.8) is 0 Å². The SMILES string of the molecule is C[C@@H]1CN(C(=O)c2ccn(-c3ccc(F)cc3F)n2)C[C@H]1C(N)=O. The molecular formula is C16H16F2N4O2. The highest BCUT2D eigenvalue weighted by molar-refractivity contribution is 5.93. The van der Waals surface area contributed by atoms with Gasteiger partial charge in [0.2, 0.25) is 5.91 Å². The highest BCUT2D eigenvalue weighted by Crippen LogP contribution is 2.24. The van der Waals surface area contributed by atoms with Crippen molar-refractivity contribution >= 4 is 11.8 Å². The van der Waals surface area contributed by atoms with Crippen LogP contribution in [-0.2, 0) is 4.79 Å². The number of hydrogen-bond acceptors (Lipinski definition) is 3. The van der Waals surface area contributed by atoms with E-state index in [1.165, 1.54) is 27.9 Å². The highest BCUT2D eigenvalue weighted by atomic mass is 19.1. The number of aromatic nitrogens is 2. The van der Waals surface area contributed by atoms with Crippen LogP contribution in [0.3, 0.4) is 0 Å². The third kappa shape index (κ3) is 2.86. The van der Waals surface area contributed by atoms with E-state index < -0.39 is 17.5 Å². The third-order valence-corrected chi connectivity index (χ3v) is 4.23. The quantitative estimate of drug-likeness (QED) is 0.920. The van der Waals surface area contributed by atoms with Gasteiger partial charge >= 0.3 is 0 Å².